The summed E-state index contributed by atoms with van der Waals surface area (Å²) in [5.74, 6) is 0.408. The summed E-state index contributed by atoms with van der Waals surface area (Å²) < 4.78 is 7.46. The second kappa shape index (κ2) is 5.20. The van der Waals surface area contributed by atoms with Gasteiger partial charge in [0.25, 0.3) is 5.69 Å². The number of pyridine rings is 1. The minimum atomic E-state index is -0.420. The van der Waals surface area contributed by atoms with Crippen molar-refractivity contribution in [1.29, 1.82) is 0 Å². The van der Waals surface area contributed by atoms with Crippen LogP contribution in [0, 0.1) is 10.1 Å². The van der Waals surface area contributed by atoms with Crippen LogP contribution >= 0.6 is 0 Å². The Morgan fingerprint density at radius 3 is 2.90 bits per heavy atom. The van der Waals surface area contributed by atoms with E-state index < -0.39 is 4.92 Å². The first-order valence-corrected chi connectivity index (χ1v) is 6.28. The number of benzene rings is 1. The molecule has 0 N–H and O–H groups in total. The number of aromatic nitrogens is 3. The molecule has 0 saturated carbocycles. The van der Waals surface area contributed by atoms with Gasteiger partial charge in [0.1, 0.15) is 12.1 Å². The first-order valence-electron chi connectivity index (χ1n) is 6.28. The van der Waals surface area contributed by atoms with Gasteiger partial charge in [-0.1, -0.05) is 12.1 Å². The van der Waals surface area contributed by atoms with Gasteiger partial charge in [0, 0.05) is 19.3 Å². The lowest BCUT2D eigenvalue weighted by molar-refractivity contribution is -0.385. The van der Waals surface area contributed by atoms with Gasteiger partial charge in [-0.3, -0.25) is 10.1 Å². The molecular formula is C14H12N4O3. The number of imidazole rings is 1. The molecule has 106 valence electrons. The lowest BCUT2D eigenvalue weighted by Crippen LogP contribution is -2.02. The highest BCUT2D eigenvalue weighted by atomic mass is 16.6. The molecule has 0 radical (unpaired) electrons. The van der Waals surface area contributed by atoms with Crippen molar-refractivity contribution >= 4 is 16.7 Å². The van der Waals surface area contributed by atoms with Crippen LogP contribution in [0.3, 0.4) is 0 Å². The number of hydrogen-bond acceptors (Lipinski definition) is 5. The van der Waals surface area contributed by atoms with E-state index in [0.29, 0.717) is 11.4 Å². The van der Waals surface area contributed by atoms with Crippen LogP contribution < -0.4 is 4.74 Å². The smallest absolute Gasteiger partial charge is 0.276 e. The lowest BCUT2D eigenvalue weighted by Gasteiger charge is -2.07. The molecule has 7 nitrogen and oxygen atoms in total. The average molecular weight is 284 g/mol. The zero-order valence-corrected chi connectivity index (χ0v) is 11.3. The summed E-state index contributed by atoms with van der Waals surface area (Å²) >= 11 is 0. The molecule has 0 aliphatic rings. The molecule has 2 heterocycles. The van der Waals surface area contributed by atoms with Crippen molar-refractivity contribution in [2.24, 2.45) is 7.05 Å². The number of aryl methyl sites for hydroxylation is 1. The van der Waals surface area contributed by atoms with E-state index in [1.807, 2.05) is 7.05 Å². The number of fused-ring (bicyclic) bond motifs is 1. The number of nitro benzene ring substituents is 1. The summed E-state index contributed by atoms with van der Waals surface area (Å²) in [4.78, 5) is 18.9. The number of para-hydroxylation sites is 1. The van der Waals surface area contributed by atoms with E-state index in [2.05, 4.69) is 9.97 Å². The normalized spacial score (nSPS) is 10.7. The molecule has 0 aliphatic heterocycles. The first kappa shape index (κ1) is 13.0. The van der Waals surface area contributed by atoms with Crippen LogP contribution in [0.2, 0.25) is 0 Å². The zero-order valence-electron chi connectivity index (χ0n) is 11.3. The van der Waals surface area contributed by atoms with Gasteiger partial charge in [0.15, 0.2) is 0 Å². The molecule has 0 bridgehead atoms. The van der Waals surface area contributed by atoms with E-state index in [1.54, 1.807) is 41.4 Å². The maximum Gasteiger partial charge on any atom is 0.276 e. The SMILES string of the molecule is Cn1cnc2ccnc(OCc3ccccc3[N+](=O)[O-])c21. The summed E-state index contributed by atoms with van der Waals surface area (Å²) in [5, 5.41) is 11.0. The Morgan fingerprint density at radius 2 is 2.10 bits per heavy atom. The van der Waals surface area contributed by atoms with Crippen molar-refractivity contribution in [1.82, 2.24) is 14.5 Å². The van der Waals surface area contributed by atoms with E-state index in [9.17, 15) is 10.1 Å². The molecule has 7 heteroatoms. The molecule has 0 atom stereocenters. The van der Waals surface area contributed by atoms with Gasteiger partial charge >= 0.3 is 0 Å². The van der Waals surface area contributed by atoms with E-state index in [1.165, 1.54) is 6.07 Å². The van der Waals surface area contributed by atoms with Crippen LogP contribution in [0.4, 0.5) is 5.69 Å². The number of hydrogen-bond donors (Lipinski definition) is 0. The third-order valence-corrected chi connectivity index (χ3v) is 3.14. The Morgan fingerprint density at radius 1 is 1.29 bits per heavy atom. The average Bonchev–Trinajstić information content (AvgIpc) is 2.87. The van der Waals surface area contributed by atoms with Crippen LogP contribution in [-0.2, 0) is 13.7 Å². The number of nitro groups is 1. The van der Waals surface area contributed by atoms with Gasteiger partial charge in [0.2, 0.25) is 5.88 Å². The first-order chi connectivity index (χ1) is 10.2. The van der Waals surface area contributed by atoms with Crippen LogP contribution in [0.1, 0.15) is 5.56 Å². The molecule has 3 aromatic rings. The third-order valence-electron chi connectivity index (χ3n) is 3.14. The summed E-state index contributed by atoms with van der Waals surface area (Å²) in [6.07, 6.45) is 3.27. The monoisotopic (exact) mass is 284 g/mol. The molecule has 0 fully saturated rings. The molecule has 0 unspecified atom stereocenters. The van der Waals surface area contributed by atoms with Crippen molar-refractivity contribution in [3.8, 4) is 5.88 Å². The fraction of sp³-hybridized carbons (Fsp3) is 0.143. The van der Waals surface area contributed by atoms with Gasteiger partial charge in [-0.05, 0) is 12.1 Å². The molecule has 21 heavy (non-hydrogen) atoms. The maximum atomic E-state index is 11.0. The zero-order chi connectivity index (χ0) is 14.8. The van der Waals surface area contributed by atoms with Crippen molar-refractivity contribution in [2.45, 2.75) is 6.61 Å². The maximum absolute atomic E-state index is 11.0. The van der Waals surface area contributed by atoms with Gasteiger partial charge in [-0.15, -0.1) is 0 Å². The Hall–Kier alpha value is -2.96. The van der Waals surface area contributed by atoms with Crippen molar-refractivity contribution < 1.29 is 9.66 Å². The second-order valence-corrected chi connectivity index (χ2v) is 4.51. The van der Waals surface area contributed by atoms with E-state index >= 15 is 0 Å². The van der Waals surface area contributed by atoms with Crippen LogP contribution in [-0.4, -0.2) is 19.5 Å². The van der Waals surface area contributed by atoms with Gasteiger partial charge in [-0.25, -0.2) is 9.97 Å². The lowest BCUT2D eigenvalue weighted by atomic mass is 10.2. The van der Waals surface area contributed by atoms with Gasteiger partial charge < -0.3 is 9.30 Å². The Kier molecular flexibility index (Phi) is 3.23. The standard InChI is InChI=1S/C14H12N4O3/c1-17-9-16-11-6-7-15-14(13(11)17)21-8-10-4-2-3-5-12(10)18(19)20/h2-7,9H,8H2,1H3. The van der Waals surface area contributed by atoms with Crippen LogP contribution in [0.15, 0.2) is 42.9 Å². The predicted molar refractivity (Wildman–Crippen MR) is 75.9 cm³/mol. The summed E-state index contributed by atoms with van der Waals surface area (Å²) in [7, 11) is 1.84. The van der Waals surface area contributed by atoms with E-state index in [4.69, 9.17) is 4.74 Å². The molecule has 2 aromatic heterocycles. The third kappa shape index (κ3) is 2.40. The number of ether oxygens (including phenoxy) is 1. The minimum Gasteiger partial charge on any atom is -0.471 e. The Balaban J connectivity index is 1.91. The molecule has 0 spiro atoms. The molecule has 3 rings (SSSR count). The topological polar surface area (TPSA) is 83.1 Å². The second-order valence-electron chi connectivity index (χ2n) is 4.51. The number of nitrogens with zero attached hydrogens (tertiary/aromatic N) is 4. The highest BCUT2D eigenvalue weighted by Gasteiger charge is 2.14. The van der Waals surface area contributed by atoms with Gasteiger partial charge in [0.05, 0.1) is 22.3 Å². The Bertz CT molecular complexity index is 813. The van der Waals surface area contributed by atoms with Crippen LogP contribution in [0.25, 0.3) is 11.0 Å². The molecule has 0 aliphatic carbocycles. The summed E-state index contributed by atoms with van der Waals surface area (Å²) in [6, 6.07) is 8.27. The largest absolute Gasteiger partial charge is 0.471 e. The minimum absolute atomic E-state index is 0.0367. The van der Waals surface area contributed by atoms with E-state index in [-0.39, 0.29) is 12.3 Å². The molecular weight excluding hydrogens is 272 g/mol. The van der Waals surface area contributed by atoms with Gasteiger partial charge in [-0.2, -0.15) is 0 Å². The predicted octanol–water partition coefficient (Wildman–Crippen LogP) is 2.46. The fourth-order valence-electron chi connectivity index (χ4n) is 2.13. The summed E-state index contributed by atoms with van der Waals surface area (Å²) in [5.41, 5.74) is 2.07. The quantitative estimate of drug-likeness (QED) is 0.543. The highest BCUT2D eigenvalue weighted by molar-refractivity contribution is 5.79. The van der Waals surface area contributed by atoms with Crippen molar-refractivity contribution in [2.75, 3.05) is 0 Å². The fourth-order valence-corrected chi connectivity index (χ4v) is 2.13. The van der Waals surface area contributed by atoms with Crippen LogP contribution in [0.5, 0.6) is 5.88 Å². The number of rotatable bonds is 4. The molecule has 0 saturated heterocycles. The Labute approximate surface area is 120 Å². The summed E-state index contributed by atoms with van der Waals surface area (Å²) in [6.45, 7) is 0.0778. The van der Waals surface area contributed by atoms with E-state index in [0.717, 1.165) is 11.0 Å². The van der Waals surface area contributed by atoms with Crippen molar-refractivity contribution in [3.63, 3.8) is 0 Å². The van der Waals surface area contributed by atoms with Crippen molar-refractivity contribution in [3.05, 3.63) is 58.5 Å². The molecule has 0 amide bonds. The molecule has 1 aromatic carbocycles. The highest BCUT2D eigenvalue weighted by Crippen LogP contribution is 2.24.